The second kappa shape index (κ2) is 7.43. The van der Waals surface area contributed by atoms with Gasteiger partial charge in [0.15, 0.2) is 0 Å². The predicted molar refractivity (Wildman–Crippen MR) is 113 cm³/mol. The van der Waals surface area contributed by atoms with Crippen LogP contribution in [-0.2, 0) is 6.54 Å². The molecule has 0 saturated heterocycles. The Bertz CT molecular complexity index is 1020. The van der Waals surface area contributed by atoms with Crippen LogP contribution in [0.15, 0.2) is 58.6 Å². The number of halogens is 1. The Kier molecular flexibility index (Phi) is 5.02. The number of nitrogens with zero attached hydrogens (tertiary/aromatic N) is 3. The van der Waals surface area contributed by atoms with Crippen molar-refractivity contribution in [2.75, 3.05) is 11.4 Å². The maximum Gasteiger partial charge on any atom is 0.262 e. The summed E-state index contributed by atoms with van der Waals surface area (Å²) in [5.74, 6) is 0. The van der Waals surface area contributed by atoms with E-state index >= 15 is 0 Å². The fourth-order valence-corrected chi connectivity index (χ4v) is 5.58. The molecule has 132 valence electrons. The lowest BCUT2D eigenvalue weighted by molar-refractivity contribution is -0.665. The van der Waals surface area contributed by atoms with Gasteiger partial charge in [-0.05, 0) is 49.9 Å². The summed E-state index contributed by atoms with van der Waals surface area (Å²) in [6.07, 6.45) is 6.49. The molecule has 0 fully saturated rings. The topological polar surface area (TPSA) is 20.0 Å². The minimum absolute atomic E-state index is 0.540. The van der Waals surface area contributed by atoms with Crippen molar-refractivity contribution in [1.29, 1.82) is 0 Å². The van der Waals surface area contributed by atoms with Crippen molar-refractivity contribution >= 4 is 56.7 Å². The van der Waals surface area contributed by atoms with E-state index in [2.05, 4.69) is 70.8 Å². The molecule has 3 aromatic rings. The van der Waals surface area contributed by atoms with Crippen LogP contribution in [0, 0.1) is 0 Å². The van der Waals surface area contributed by atoms with Gasteiger partial charge in [-0.25, -0.2) is 4.98 Å². The summed E-state index contributed by atoms with van der Waals surface area (Å²) in [4.78, 5) is 6.71. The molecule has 0 aliphatic carbocycles. The third-order valence-electron chi connectivity index (χ3n) is 4.31. The molecule has 3 nitrogen and oxygen atoms in total. The smallest absolute Gasteiger partial charge is 0.262 e. The second-order valence-corrected chi connectivity index (χ2v) is 8.28. The summed E-state index contributed by atoms with van der Waals surface area (Å²) < 4.78 is 3.67. The Morgan fingerprint density at radius 2 is 2.04 bits per heavy atom. The number of fused-ring (bicyclic) bond motifs is 2. The maximum atomic E-state index is 6.04. The van der Waals surface area contributed by atoms with E-state index in [0.29, 0.717) is 5.15 Å². The number of benzene rings is 1. The molecule has 1 aliphatic heterocycles. The van der Waals surface area contributed by atoms with Gasteiger partial charge in [0.25, 0.3) is 5.01 Å². The highest BCUT2D eigenvalue weighted by Crippen LogP contribution is 2.45. The molecule has 3 heterocycles. The van der Waals surface area contributed by atoms with Crippen molar-refractivity contribution in [2.24, 2.45) is 0 Å². The summed E-state index contributed by atoms with van der Waals surface area (Å²) in [6.45, 7) is 6.20. The van der Waals surface area contributed by atoms with Gasteiger partial charge in [0.1, 0.15) is 21.4 Å². The van der Waals surface area contributed by atoms with Gasteiger partial charge in [0, 0.05) is 18.7 Å². The largest absolute Gasteiger partial charge is 0.334 e. The Morgan fingerprint density at radius 1 is 1.19 bits per heavy atom. The number of hydrogen-bond acceptors (Lipinski definition) is 4. The Hall–Kier alpha value is -1.82. The van der Waals surface area contributed by atoms with Crippen LogP contribution >= 0.6 is 34.7 Å². The predicted octanol–water partition coefficient (Wildman–Crippen LogP) is 5.74. The zero-order valence-electron chi connectivity index (χ0n) is 14.6. The molecule has 0 saturated carbocycles. The van der Waals surface area contributed by atoms with Crippen molar-refractivity contribution in [1.82, 2.24) is 4.98 Å². The average Bonchev–Trinajstić information content (AvgIpc) is 3.18. The molecule has 6 heteroatoms. The van der Waals surface area contributed by atoms with E-state index < -0.39 is 0 Å². The first kappa shape index (κ1) is 17.6. The van der Waals surface area contributed by atoms with Crippen LogP contribution in [0.3, 0.4) is 0 Å². The summed E-state index contributed by atoms with van der Waals surface area (Å²) in [5.41, 5.74) is 2.43. The van der Waals surface area contributed by atoms with Crippen LogP contribution in [-0.4, -0.2) is 11.5 Å². The van der Waals surface area contributed by atoms with E-state index in [-0.39, 0.29) is 0 Å². The monoisotopic (exact) mass is 400 g/mol. The normalized spacial score (nSPS) is 15.5. The van der Waals surface area contributed by atoms with Crippen molar-refractivity contribution in [3.8, 4) is 0 Å². The van der Waals surface area contributed by atoms with Crippen molar-refractivity contribution < 1.29 is 4.57 Å². The van der Waals surface area contributed by atoms with Crippen molar-refractivity contribution in [2.45, 2.75) is 25.4 Å². The van der Waals surface area contributed by atoms with Gasteiger partial charge in [0.2, 0.25) is 5.52 Å². The number of para-hydroxylation sites is 1. The highest BCUT2D eigenvalue weighted by Gasteiger charge is 2.25. The maximum absolute atomic E-state index is 6.04. The number of allylic oxidation sites excluding steroid dienone is 2. The van der Waals surface area contributed by atoms with Gasteiger partial charge >= 0.3 is 0 Å². The number of rotatable bonds is 4. The molecule has 1 aromatic carbocycles. The summed E-state index contributed by atoms with van der Waals surface area (Å²) in [6, 6.07) is 12.5. The minimum atomic E-state index is 0.540. The number of aromatic nitrogens is 2. The molecule has 1 aliphatic rings. The second-order valence-electron chi connectivity index (χ2n) is 5.82. The molecule has 0 amide bonds. The number of anilines is 1. The first-order valence-corrected chi connectivity index (χ1v) is 10.6. The van der Waals surface area contributed by atoms with Crippen LogP contribution in [0.2, 0.25) is 5.15 Å². The molecule has 26 heavy (non-hydrogen) atoms. The third-order valence-corrected chi connectivity index (χ3v) is 6.71. The van der Waals surface area contributed by atoms with Crippen molar-refractivity contribution in [3.63, 3.8) is 0 Å². The number of thioether (sulfide) groups is 1. The van der Waals surface area contributed by atoms with E-state index in [1.807, 2.05) is 23.5 Å². The first-order chi connectivity index (χ1) is 12.7. The van der Waals surface area contributed by atoms with Gasteiger partial charge < -0.3 is 4.90 Å². The quantitative estimate of drug-likeness (QED) is 0.411. The lowest BCUT2D eigenvalue weighted by Gasteiger charge is -2.16. The molecular formula is C20H19ClN3S2+. The Balaban J connectivity index is 1.64. The molecule has 0 atom stereocenters. The number of pyridine rings is 1. The number of hydrogen-bond donors (Lipinski definition) is 0. The molecule has 4 rings (SSSR count). The van der Waals surface area contributed by atoms with Crippen LogP contribution < -0.4 is 9.47 Å². The SMILES string of the molecule is CCN1C(=CC=Cc2sc3ccccc3[n+]2CC)Sc2nc(Cl)ccc21. The van der Waals surface area contributed by atoms with Gasteiger partial charge in [-0.15, -0.1) is 0 Å². The minimum Gasteiger partial charge on any atom is -0.334 e. The lowest BCUT2D eigenvalue weighted by atomic mass is 10.3. The van der Waals surface area contributed by atoms with Crippen LogP contribution in [0.25, 0.3) is 16.3 Å². The van der Waals surface area contributed by atoms with Gasteiger partial charge in [0.05, 0.1) is 10.7 Å². The summed E-state index contributed by atoms with van der Waals surface area (Å²) in [7, 11) is 0. The highest BCUT2D eigenvalue weighted by molar-refractivity contribution is 8.03. The molecule has 0 spiro atoms. The Morgan fingerprint density at radius 3 is 2.85 bits per heavy atom. The summed E-state index contributed by atoms with van der Waals surface area (Å²) >= 11 is 9.53. The van der Waals surface area contributed by atoms with Gasteiger partial charge in [-0.3, -0.25) is 0 Å². The van der Waals surface area contributed by atoms with Crippen molar-refractivity contribution in [3.05, 3.63) is 63.7 Å². The van der Waals surface area contributed by atoms with Crippen LogP contribution in [0.1, 0.15) is 18.9 Å². The van der Waals surface area contributed by atoms with E-state index in [0.717, 1.165) is 23.8 Å². The molecule has 0 N–H and O–H groups in total. The lowest BCUT2D eigenvalue weighted by Crippen LogP contribution is -2.33. The molecule has 0 unspecified atom stereocenters. The number of thiazole rings is 1. The zero-order chi connectivity index (χ0) is 18.1. The molecule has 2 aromatic heterocycles. The van der Waals surface area contributed by atoms with Gasteiger partial charge in [-0.1, -0.05) is 41.1 Å². The van der Waals surface area contributed by atoms with E-state index in [1.165, 1.54) is 20.3 Å². The van der Waals surface area contributed by atoms with Crippen LogP contribution in [0.4, 0.5) is 5.69 Å². The standard InChI is InChI=1S/C20H19ClN3S2/c1-3-23-14-8-5-6-9-16(14)25-18(23)10-7-11-19-24(4-2)15-12-13-17(21)22-20(15)26-19/h5-13H,3-4H2,1-2H3/q+1. The van der Waals surface area contributed by atoms with E-state index in [9.17, 15) is 0 Å². The first-order valence-electron chi connectivity index (χ1n) is 8.63. The van der Waals surface area contributed by atoms with E-state index in [4.69, 9.17) is 11.6 Å². The zero-order valence-corrected chi connectivity index (χ0v) is 17.0. The number of aryl methyl sites for hydroxylation is 1. The Labute approximate surface area is 166 Å². The fraction of sp³-hybridized carbons (Fsp3) is 0.200. The third kappa shape index (κ3) is 3.15. The molecular weight excluding hydrogens is 382 g/mol. The van der Waals surface area contributed by atoms with Crippen LogP contribution in [0.5, 0.6) is 0 Å². The summed E-state index contributed by atoms with van der Waals surface area (Å²) in [5, 5.41) is 3.95. The fourth-order valence-electron chi connectivity index (χ4n) is 3.13. The van der Waals surface area contributed by atoms with E-state index in [1.54, 1.807) is 11.8 Å². The molecule has 0 radical (unpaired) electrons. The average molecular weight is 401 g/mol. The molecule has 0 bridgehead atoms. The highest BCUT2D eigenvalue weighted by atomic mass is 35.5. The van der Waals surface area contributed by atoms with Gasteiger partial charge in [-0.2, -0.15) is 4.57 Å².